The summed E-state index contributed by atoms with van der Waals surface area (Å²) in [6.45, 7) is 6.89. The second kappa shape index (κ2) is 8.86. The van der Waals surface area contributed by atoms with Crippen LogP contribution in [0, 0.1) is 5.92 Å². The molecule has 168 valence electrons. The van der Waals surface area contributed by atoms with Gasteiger partial charge in [0.1, 0.15) is 0 Å². The first kappa shape index (κ1) is 20.9. The van der Waals surface area contributed by atoms with Crippen molar-refractivity contribution >= 4 is 22.4 Å². The molecule has 1 saturated heterocycles. The van der Waals surface area contributed by atoms with E-state index in [4.69, 9.17) is 4.74 Å². The summed E-state index contributed by atoms with van der Waals surface area (Å²) < 4.78 is 6.68. The molecular formula is C24H30N6O2. The molecule has 0 amide bonds. The van der Waals surface area contributed by atoms with Gasteiger partial charge in [0.05, 0.1) is 36.1 Å². The van der Waals surface area contributed by atoms with Crippen molar-refractivity contribution < 1.29 is 4.74 Å². The van der Waals surface area contributed by atoms with Gasteiger partial charge in [0, 0.05) is 39.0 Å². The monoisotopic (exact) mass is 434 g/mol. The highest BCUT2D eigenvalue weighted by molar-refractivity contribution is 5.81. The molecule has 0 saturated carbocycles. The lowest BCUT2D eigenvalue weighted by Gasteiger charge is -2.37. The first-order valence-corrected chi connectivity index (χ1v) is 11.5. The third-order valence-corrected chi connectivity index (χ3v) is 6.70. The Hall–Kier alpha value is -3.00. The Morgan fingerprint density at radius 1 is 1.09 bits per heavy atom. The van der Waals surface area contributed by atoms with E-state index in [1.54, 1.807) is 18.0 Å². The molecule has 3 heterocycles. The Bertz CT molecular complexity index is 1170. The largest absolute Gasteiger partial charge is 0.383 e. The molecule has 8 nitrogen and oxygen atoms in total. The van der Waals surface area contributed by atoms with Crippen molar-refractivity contribution in [1.29, 1.82) is 0 Å². The summed E-state index contributed by atoms with van der Waals surface area (Å²) in [6.07, 6.45) is 4.97. The third-order valence-electron chi connectivity index (χ3n) is 6.70. The normalized spacial score (nSPS) is 18.8. The van der Waals surface area contributed by atoms with Crippen LogP contribution in [0.2, 0.25) is 0 Å². The van der Waals surface area contributed by atoms with Gasteiger partial charge in [-0.25, -0.2) is 4.98 Å². The lowest BCUT2D eigenvalue weighted by atomic mass is 9.88. The molecule has 1 aliphatic carbocycles. The van der Waals surface area contributed by atoms with E-state index in [1.807, 2.05) is 18.2 Å². The molecule has 0 bridgehead atoms. The van der Waals surface area contributed by atoms with Crippen molar-refractivity contribution in [3.05, 3.63) is 52.2 Å². The van der Waals surface area contributed by atoms with E-state index in [-0.39, 0.29) is 5.56 Å². The molecule has 3 aromatic rings. The topological polar surface area (TPSA) is 76.4 Å². The van der Waals surface area contributed by atoms with E-state index in [1.165, 1.54) is 17.7 Å². The van der Waals surface area contributed by atoms with E-state index in [9.17, 15) is 4.79 Å². The van der Waals surface area contributed by atoms with Crippen molar-refractivity contribution in [2.45, 2.75) is 32.7 Å². The molecule has 1 atom stereocenters. The van der Waals surface area contributed by atoms with Crippen molar-refractivity contribution in [2.24, 2.45) is 5.92 Å². The van der Waals surface area contributed by atoms with Gasteiger partial charge in [0.15, 0.2) is 5.82 Å². The molecule has 1 fully saturated rings. The van der Waals surface area contributed by atoms with Gasteiger partial charge in [-0.15, -0.1) is 5.10 Å². The van der Waals surface area contributed by atoms with E-state index in [0.29, 0.717) is 18.5 Å². The van der Waals surface area contributed by atoms with Crippen LogP contribution in [0.4, 0.5) is 11.5 Å². The number of hydrogen-bond acceptors (Lipinski definition) is 7. The van der Waals surface area contributed by atoms with Gasteiger partial charge in [-0.2, -0.15) is 5.10 Å². The summed E-state index contributed by atoms with van der Waals surface area (Å²) >= 11 is 0. The number of piperazine rings is 1. The Morgan fingerprint density at radius 3 is 2.72 bits per heavy atom. The van der Waals surface area contributed by atoms with Crippen molar-refractivity contribution in [3.63, 3.8) is 0 Å². The quantitative estimate of drug-likeness (QED) is 0.610. The molecule has 0 spiro atoms. The minimum atomic E-state index is -0.0243. The van der Waals surface area contributed by atoms with Crippen molar-refractivity contribution in [1.82, 2.24) is 19.7 Å². The fourth-order valence-electron chi connectivity index (χ4n) is 4.73. The van der Waals surface area contributed by atoms with Crippen LogP contribution < -0.4 is 15.4 Å². The van der Waals surface area contributed by atoms with Crippen LogP contribution in [0.5, 0.6) is 0 Å². The van der Waals surface area contributed by atoms with Crippen LogP contribution >= 0.6 is 0 Å². The number of fused-ring (bicyclic) bond motifs is 2. The minimum Gasteiger partial charge on any atom is -0.383 e. The Kier molecular flexibility index (Phi) is 5.78. The molecule has 0 N–H and O–H groups in total. The molecule has 2 aromatic heterocycles. The van der Waals surface area contributed by atoms with Crippen LogP contribution in [0.15, 0.2) is 35.4 Å². The van der Waals surface area contributed by atoms with E-state index in [0.717, 1.165) is 62.0 Å². The van der Waals surface area contributed by atoms with Gasteiger partial charge in [-0.05, 0) is 55.0 Å². The summed E-state index contributed by atoms with van der Waals surface area (Å²) in [5.74, 6) is 1.72. The van der Waals surface area contributed by atoms with Crippen LogP contribution in [-0.4, -0.2) is 59.6 Å². The van der Waals surface area contributed by atoms with Gasteiger partial charge in [-0.1, -0.05) is 6.92 Å². The maximum absolute atomic E-state index is 12.7. The average molecular weight is 435 g/mol. The third kappa shape index (κ3) is 4.07. The highest BCUT2D eigenvalue weighted by atomic mass is 16.5. The first-order chi connectivity index (χ1) is 15.6. The number of aromatic nitrogens is 4. The zero-order valence-corrected chi connectivity index (χ0v) is 18.8. The number of hydrogen-bond donors (Lipinski definition) is 0. The molecular weight excluding hydrogens is 404 g/mol. The van der Waals surface area contributed by atoms with E-state index in [2.05, 4.69) is 38.0 Å². The molecule has 32 heavy (non-hydrogen) atoms. The van der Waals surface area contributed by atoms with Gasteiger partial charge < -0.3 is 14.5 Å². The lowest BCUT2D eigenvalue weighted by molar-refractivity contribution is 0.186. The maximum Gasteiger partial charge on any atom is 0.261 e. The standard InChI is InChI=1S/C24H30N6O2/c1-17-3-6-21-18(13-17)14-23(27-26-21)29-9-7-28(8-10-29)19-4-5-20-22(15-19)25-16-30(24(20)31)11-12-32-2/h4-5,14-17H,3,6-13H2,1-2H3. The van der Waals surface area contributed by atoms with Gasteiger partial charge >= 0.3 is 0 Å². The molecule has 5 rings (SSSR count). The zero-order chi connectivity index (χ0) is 22.1. The molecule has 1 aliphatic heterocycles. The second-order valence-electron chi connectivity index (χ2n) is 8.93. The summed E-state index contributed by atoms with van der Waals surface area (Å²) in [4.78, 5) is 21.9. The van der Waals surface area contributed by atoms with Gasteiger partial charge in [0.25, 0.3) is 5.56 Å². The summed E-state index contributed by atoms with van der Waals surface area (Å²) in [6, 6.07) is 8.20. The van der Waals surface area contributed by atoms with Crippen LogP contribution in [0.1, 0.15) is 24.6 Å². The number of nitrogens with zero attached hydrogens (tertiary/aromatic N) is 6. The smallest absolute Gasteiger partial charge is 0.261 e. The number of aryl methyl sites for hydroxylation is 1. The molecule has 1 unspecified atom stereocenters. The number of methoxy groups -OCH3 is 1. The summed E-state index contributed by atoms with van der Waals surface area (Å²) in [7, 11) is 1.63. The van der Waals surface area contributed by atoms with E-state index < -0.39 is 0 Å². The number of anilines is 2. The summed E-state index contributed by atoms with van der Waals surface area (Å²) in [5.41, 5.74) is 4.36. The fourth-order valence-corrected chi connectivity index (χ4v) is 4.73. The Labute approximate surface area is 187 Å². The number of rotatable bonds is 5. The minimum absolute atomic E-state index is 0.0243. The number of ether oxygens (including phenoxy) is 1. The van der Waals surface area contributed by atoms with Crippen LogP contribution in [0.3, 0.4) is 0 Å². The maximum atomic E-state index is 12.7. The Morgan fingerprint density at radius 2 is 1.91 bits per heavy atom. The predicted octanol–water partition coefficient (Wildman–Crippen LogP) is 2.28. The molecule has 1 aromatic carbocycles. The van der Waals surface area contributed by atoms with Crippen LogP contribution in [-0.2, 0) is 24.1 Å². The second-order valence-corrected chi connectivity index (χ2v) is 8.93. The van der Waals surface area contributed by atoms with Gasteiger partial charge in [-0.3, -0.25) is 9.36 Å². The Balaban J connectivity index is 1.29. The van der Waals surface area contributed by atoms with Crippen molar-refractivity contribution in [3.8, 4) is 0 Å². The fraction of sp³-hybridized carbons (Fsp3) is 0.500. The SMILES string of the molecule is COCCn1cnc2cc(N3CCN(c4cc5c(nn4)CCC(C)C5)CC3)ccc2c1=O. The van der Waals surface area contributed by atoms with Crippen molar-refractivity contribution in [2.75, 3.05) is 49.7 Å². The molecule has 8 heteroatoms. The average Bonchev–Trinajstić information content (AvgIpc) is 2.83. The highest BCUT2D eigenvalue weighted by Gasteiger charge is 2.22. The molecule has 0 radical (unpaired) electrons. The van der Waals surface area contributed by atoms with E-state index >= 15 is 0 Å². The predicted molar refractivity (Wildman–Crippen MR) is 126 cm³/mol. The lowest BCUT2D eigenvalue weighted by Crippen LogP contribution is -2.47. The molecule has 2 aliphatic rings. The zero-order valence-electron chi connectivity index (χ0n) is 18.8. The number of benzene rings is 1. The summed E-state index contributed by atoms with van der Waals surface area (Å²) in [5, 5.41) is 9.68. The highest BCUT2D eigenvalue weighted by Crippen LogP contribution is 2.27. The van der Waals surface area contributed by atoms with Gasteiger partial charge in [0.2, 0.25) is 0 Å². The van der Waals surface area contributed by atoms with Crippen LogP contribution in [0.25, 0.3) is 10.9 Å². The first-order valence-electron chi connectivity index (χ1n) is 11.5.